The van der Waals surface area contributed by atoms with Gasteiger partial charge in [0.2, 0.25) is 0 Å². The third-order valence-electron chi connectivity index (χ3n) is 4.76. The number of nitrogens with zero attached hydrogens (tertiary/aromatic N) is 3. The van der Waals surface area contributed by atoms with Crippen molar-refractivity contribution < 1.29 is 4.74 Å². The van der Waals surface area contributed by atoms with Gasteiger partial charge < -0.3 is 10.1 Å². The monoisotopic (exact) mass is 408 g/mol. The van der Waals surface area contributed by atoms with Gasteiger partial charge in [-0.25, -0.2) is 9.29 Å². The molecular formula is C21H20N4OS2. The number of benzene rings is 2. The van der Waals surface area contributed by atoms with Crippen LogP contribution in [0.15, 0.2) is 59.1 Å². The fourth-order valence-corrected chi connectivity index (χ4v) is 5.11. The molecule has 3 heterocycles. The molecule has 0 spiro atoms. The van der Waals surface area contributed by atoms with E-state index in [2.05, 4.69) is 62.9 Å². The second kappa shape index (κ2) is 7.67. The summed E-state index contributed by atoms with van der Waals surface area (Å²) in [4.78, 5) is 10.2. The van der Waals surface area contributed by atoms with E-state index in [9.17, 15) is 0 Å². The summed E-state index contributed by atoms with van der Waals surface area (Å²) in [5.74, 6) is 0. The van der Waals surface area contributed by atoms with Crippen molar-refractivity contribution in [3.05, 3.63) is 54.2 Å². The number of ether oxygens (including phenoxy) is 1. The van der Waals surface area contributed by atoms with Gasteiger partial charge in [-0.2, -0.15) is 0 Å². The largest absolute Gasteiger partial charge is 0.376 e. The fourth-order valence-electron chi connectivity index (χ4n) is 3.40. The lowest BCUT2D eigenvalue weighted by Crippen LogP contribution is -2.36. The summed E-state index contributed by atoms with van der Waals surface area (Å²) in [5, 5.41) is 4.67. The highest BCUT2D eigenvalue weighted by molar-refractivity contribution is 7.97. The van der Waals surface area contributed by atoms with Crippen molar-refractivity contribution in [2.24, 2.45) is 0 Å². The molecule has 0 aliphatic carbocycles. The third kappa shape index (κ3) is 3.71. The molecule has 28 heavy (non-hydrogen) atoms. The van der Waals surface area contributed by atoms with Crippen LogP contribution in [0.2, 0.25) is 0 Å². The summed E-state index contributed by atoms with van der Waals surface area (Å²) in [6.07, 6.45) is 2.13. The first-order valence-corrected chi connectivity index (χ1v) is 10.9. The molecule has 7 heteroatoms. The van der Waals surface area contributed by atoms with Crippen LogP contribution in [0, 0.1) is 0 Å². The zero-order valence-electron chi connectivity index (χ0n) is 15.5. The summed E-state index contributed by atoms with van der Waals surface area (Å²) < 4.78 is 9.21. The lowest BCUT2D eigenvalue weighted by atomic mass is 10.2. The SMILES string of the molecule is CC1CN(Sc2ccc3nccc(Nc4ccc5scnc5c4)c3c2)CCO1. The number of fused-ring (bicyclic) bond motifs is 2. The highest BCUT2D eigenvalue weighted by atomic mass is 32.2. The van der Waals surface area contributed by atoms with Crippen molar-refractivity contribution in [1.82, 2.24) is 14.3 Å². The first-order chi connectivity index (χ1) is 13.7. The summed E-state index contributed by atoms with van der Waals surface area (Å²) >= 11 is 3.45. The predicted octanol–water partition coefficient (Wildman–Crippen LogP) is 5.32. The number of rotatable bonds is 4. The molecule has 1 aliphatic rings. The van der Waals surface area contributed by atoms with Gasteiger partial charge in [-0.15, -0.1) is 11.3 Å². The second-order valence-electron chi connectivity index (χ2n) is 6.86. The average molecular weight is 409 g/mol. The summed E-state index contributed by atoms with van der Waals surface area (Å²) in [5.41, 5.74) is 5.97. The van der Waals surface area contributed by atoms with Crippen molar-refractivity contribution in [3.8, 4) is 0 Å². The zero-order valence-corrected chi connectivity index (χ0v) is 17.1. The van der Waals surface area contributed by atoms with E-state index in [4.69, 9.17) is 4.74 Å². The number of hydrogen-bond acceptors (Lipinski definition) is 7. The third-order valence-corrected chi connectivity index (χ3v) is 6.63. The molecule has 1 unspecified atom stereocenters. The van der Waals surface area contributed by atoms with E-state index < -0.39 is 0 Å². The highest BCUT2D eigenvalue weighted by Gasteiger charge is 2.18. The van der Waals surface area contributed by atoms with E-state index in [1.807, 2.05) is 17.8 Å². The van der Waals surface area contributed by atoms with Gasteiger partial charge in [-0.05, 0) is 61.3 Å². The van der Waals surface area contributed by atoms with Crippen LogP contribution in [0.3, 0.4) is 0 Å². The van der Waals surface area contributed by atoms with E-state index in [0.29, 0.717) is 0 Å². The Morgan fingerprint density at radius 3 is 3.04 bits per heavy atom. The Balaban J connectivity index is 1.44. The molecule has 1 N–H and O–H groups in total. The van der Waals surface area contributed by atoms with Crippen LogP contribution in [0.4, 0.5) is 11.4 Å². The normalized spacial score (nSPS) is 18.0. The quantitative estimate of drug-likeness (QED) is 0.462. The molecule has 0 radical (unpaired) electrons. The Morgan fingerprint density at radius 2 is 2.11 bits per heavy atom. The molecular weight excluding hydrogens is 388 g/mol. The maximum absolute atomic E-state index is 5.65. The number of thiazole rings is 1. The lowest BCUT2D eigenvalue weighted by molar-refractivity contribution is 0.0134. The van der Waals surface area contributed by atoms with Crippen molar-refractivity contribution in [2.75, 3.05) is 25.0 Å². The smallest absolute Gasteiger partial charge is 0.0832 e. The fraction of sp³-hybridized carbons (Fsp3) is 0.238. The van der Waals surface area contributed by atoms with E-state index in [-0.39, 0.29) is 6.10 Å². The first-order valence-electron chi connectivity index (χ1n) is 9.28. The molecule has 5 rings (SSSR count). The van der Waals surface area contributed by atoms with Gasteiger partial charge in [0.15, 0.2) is 0 Å². The Kier molecular flexibility index (Phi) is 4.90. The van der Waals surface area contributed by atoms with Gasteiger partial charge in [0.05, 0.1) is 34.0 Å². The van der Waals surface area contributed by atoms with Crippen LogP contribution in [-0.2, 0) is 4.74 Å². The van der Waals surface area contributed by atoms with Gasteiger partial charge in [-0.1, -0.05) is 0 Å². The Bertz CT molecular complexity index is 1130. The van der Waals surface area contributed by atoms with Gasteiger partial charge in [0, 0.05) is 40.9 Å². The molecule has 1 aliphatic heterocycles. The Morgan fingerprint density at radius 1 is 1.14 bits per heavy atom. The van der Waals surface area contributed by atoms with Crippen LogP contribution in [0.5, 0.6) is 0 Å². The van der Waals surface area contributed by atoms with E-state index in [0.717, 1.165) is 47.5 Å². The van der Waals surface area contributed by atoms with Crippen molar-refractivity contribution >= 4 is 55.8 Å². The first kappa shape index (κ1) is 17.9. The van der Waals surface area contributed by atoms with Crippen LogP contribution in [0.25, 0.3) is 21.1 Å². The van der Waals surface area contributed by atoms with E-state index >= 15 is 0 Å². The number of morpholine rings is 1. The minimum Gasteiger partial charge on any atom is -0.376 e. The molecule has 1 saturated heterocycles. The molecule has 5 nitrogen and oxygen atoms in total. The Labute approximate surface area is 171 Å². The number of hydrogen-bond donors (Lipinski definition) is 1. The standard InChI is InChI=1S/C21H20N4OS2/c1-14-12-25(8-9-26-14)28-16-3-4-18-17(11-16)19(6-7-22-18)24-15-2-5-21-20(10-15)23-13-27-21/h2-7,10-11,13-14H,8-9,12H2,1H3,(H,22,24). The highest BCUT2D eigenvalue weighted by Crippen LogP contribution is 2.32. The van der Waals surface area contributed by atoms with Gasteiger partial charge in [0.1, 0.15) is 0 Å². The molecule has 1 fully saturated rings. The summed E-state index contributed by atoms with van der Waals surface area (Å²) in [6.45, 7) is 4.79. The molecule has 0 saturated carbocycles. The predicted molar refractivity (Wildman–Crippen MR) is 117 cm³/mol. The van der Waals surface area contributed by atoms with Gasteiger partial charge >= 0.3 is 0 Å². The van der Waals surface area contributed by atoms with Crippen molar-refractivity contribution in [2.45, 2.75) is 17.9 Å². The number of nitrogens with one attached hydrogen (secondary N) is 1. The molecule has 0 amide bonds. The van der Waals surface area contributed by atoms with Crippen molar-refractivity contribution in [1.29, 1.82) is 0 Å². The number of pyridine rings is 1. The number of anilines is 2. The van der Waals surface area contributed by atoms with Crippen molar-refractivity contribution in [3.63, 3.8) is 0 Å². The van der Waals surface area contributed by atoms with Gasteiger partial charge in [-0.3, -0.25) is 4.98 Å². The number of aromatic nitrogens is 2. The molecule has 0 bridgehead atoms. The van der Waals surface area contributed by atoms with E-state index in [1.165, 1.54) is 9.60 Å². The van der Waals surface area contributed by atoms with Crippen LogP contribution >= 0.6 is 23.3 Å². The zero-order chi connectivity index (χ0) is 18.9. The van der Waals surface area contributed by atoms with Crippen LogP contribution < -0.4 is 5.32 Å². The minimum absolute atomic E-state index is 0.279. The summed E-state index contributed by atoms with van der Waals surface area (Å²) in [7, 11) is 0. The molecule has 2 aromatic carbocycles. The van der Waals surface area contributed by atoms with E-state index in [1.54, 1.807) is 23.3 Å². The Hall–Kier alpha value is -2.19. The van der Waals surface area contributed by atoms with Crippen LogP contribution in [-0.4, -0.2) is 40.1 Å². The van der Waals surface area contributed by atoms with Crippen LogP contribution in [0.1, 0.15) is 6.92 Å². The second-order valence-corrected chi connectivity index (χ2v) is 8.91. The molecule has 2 aromatic heterocycles. The maximum atomic E-state index is 5.65. The van der Waals surface area contributed by atoms with Gasteiger partial charge in [0.25, 0.3) is 0 Å². The topological polar surface area (TPSA) is 50.3 Å². The minimum atomic E-state index is 0.279. The maximum Gasteiger partial charge on any atom is 0.0832 e. The lowest BCUT2D eigenvalue weighted by Gasteiger charge is -2.29. The summed E-state index contributed by atoms with van der Waals surface area (Å²) in [6, 6.07) is 14.8. The average Bonchev–Trinajstić information content (AvgIpc) is 3.16. The molecule has 1 atom stereocenters. The molecule has 142 valence electrons. The molecule has 4 aromatic rings.